The highest BCUT2D eigenvalue weighted by Gasteiger charge is 2.42. The lowest BCUT2D eigenvalue weighted by Crippen LogP contribution is -2.41. The van der Waals surface area contributed by atoms with Crippen LogP contribution < -0.4 is 10.1 Å². The third-order valence-electron chi connectivity index (χ3n) is 7.00. The minimum atomic E-state index is -5.21. The number of piperidine rings is 1. The van der Waals surface area contributed by atoms with Gasteiger partial charge < -0.3 is 19.5 Å². The predicted molar refractivity (Wildman–Crippen MR) is 143 cm³/mol. The van der Waals surface area contributed by atoms with Gasteiger partial charge in [0.05, 0.1) is 19.6 Å². The molecule has 9 heteroatoms. The van der Waals surface area contributed by atoms with E-state index in [1.54, 1.807) is 0 Å². The molecule has 1 aliphatic rings. The second kappa shape index (κ2) is 13.6. The van der Waals surface area contributed by atoms with Crippen molar-refractivity contribution in [2.45, 2.75) is 43.9 Å². The highest BCUT2D eigenvalue weighted by Crippen LogP contribution is 2.45. The van der Waals surface area contributed by atoms with Gasteiger partial charge in [-0.25, -0.2) is 4.79 Å². The fourth-order valence-corrected chi connectivity index (χ4v) is 4.95. The van der Waals surface area contributed by atoms with Crippen molar-refractivity contribution in [3.63, 3.8) is 0 Å². The monoisotopic (exact) mass is 555 g/mol. The molecule has 0 unspecified atom stereocenters. The van der Waals surface area contributed by atoms with Gasteiger partial charge in [0.2, 0.25) is 0 Å². The van der Waals surface area contributed by atoms with Crippen molar-refractivity contribution in [2.24, 2.45) is 0 Å². The van der Waals surface area contributed by atoms with Crippen molar-refractivity contribution in [3.05, 3.63) is 101 Å². The minimum absolute atomic E-state index is 0.158. The Morgan fingerprint density at radius 2 is 1.52 bits per heavy atom. The Morgan fingerprint density at radius 1 is 0.850 bits per heavy atom. The van der Waals surface area contributed by atoms with Gasteiger partial charge in [0.25, 0.3) is 0 Å². The maximum Gasteiger partial charge on any atom is 0.491 e. The van der Waals surface area contributed by atoms with Crippen LogP contribution in [0.15, 0.2) is 78.9 Å². The number of rotatable bonds is 11. The minimum Gasteiger partial charge on any atom is -0.489 e. The van der Waals surface area contributed by atoms with Crippen LogP contribution in [-0.2, 0) is 37.5 Å². The molecule has 1 aliphatic heterocycles. The molecule has 6 nitrogen and oxygen atoms in total. The number of nitrogens with one attached hydrogen (secondary N) is 1. The third kappa shape index (κ3) is 7.70. The van der Waals surface area contributed by atoms with Gasteiger partial charge in [0.1, 0.15) is 12.4 Å². The number of hydrogen-bond acceptors (Lipinski definition) is 6. The number of carbonyl (C=O) groups excluding carboxylic acids is 2. The van der Waals surface area contributed by atoms with E-state index in [1.807, 2.05) is 48.5 Å². The summed E-state index contributed by atoms with van der Waals surface area (Å²) in [6.07, 6.45) is -3.35. The van der Waals surface area contributed by atoms with Crippen LogP contribution in [0.2, 0.25) is 0 Å². The van der Waals surface area contributed by atoms with Crippen LogP contribution in [0.25, 0.3) is 0 Å². The van der Waals surface area contributed by atoms with E-state index in [0.717, 1.165) is 48.4 Å². The fourth-order valence-electron chi connectivity index (χ4n) is 4.95. The molecule has 0 aliphatic carbocycles. The van der Waals surface area contributed by atoms with Gasteiger partial charge in [-0.3, -0.25) is 4.79 Å². The van der Waals surface area contributed by atoms with E-state index in [9.17, 15) is 22.8 Å². The summed E-state index contributed by atoms with van der Waals surface area (Å²) in [5, 5.41) is 3.47. The highest BCUT2D eigenvalue weighted by atomic mass is 19.4. The molecule has 0 spiro atoms. The number of esters is 2. The van der Waals surface area contributed by atoms with E-state index in [2.05, 4.69) is 40.4 Å². The van der Waals surface area contributed by atoms with Crippen LogP contribution in [-0.4, -0.2) is 44.4 Å². The lowest BCUT2D eigenvalue weighted by Gasteiger charge is -2.40. The molecule has 1 N–H and O–H groups in total. The number of hydrogen-bond donors (Lipinski definition) is 1. The molecule has 0 bridgehead atoms. The third-order valence-corrected chi connectivity index (χ3v) is 7.00. The van der Waals surface area contributed by atoms with Gasteiger partial charge in [0, 0.05) is 11.0 Å². The van der Waals surface area contributed by atoms with Gasteiger partial charge in [-0.05, 0) is 55.1 Å². The summed E-state index contributed by atoms with van der Waals surface area (Å²) in [5.74, 6) is -2.98. The predicted octanol–water partition coefficient (Wildman–Crippen LogP) is 5.52. The maximum absolute atomic E-state index is 12.2. The maximum atomic E-state index is 12.2. The Balaban J connectivity index is 1.48. The summed E-state index contributed by atoms with van der Waals surface area (Å²) < 4.78 is 52.4. The molecule has 0 aromatic heterocycles. The second-order valence-corrected chi connectivity index (χ2v) is 9.67. The Labute approximate surface area is 231 Å². The molecule has 0 atom stereocenters. The molecule has 0 radical (unpaired) electrons. The van der Waals surface area contributed by atoms with Gasteiger partial charge in [-0.1, -0.05) is 72.8 Å². The molecule has 3 aromatic carbocycles. The van der Waals surface area contributed by atoms with Crippen molar-refractivity contribution in [3.8, 4) is 5.75 Å². The lowest BCUT2D eigenvalue weighted by atomic mass is 9.67. The Morgan fingerprint density at radius 3 is 2.20 bits per heavy atom. The fraction of sp³-hybridized carbons (Fsp3) is 0.355. The van der Waals surface area contributed by atoms with E-state index in [4.69, 9.17) is 9.47 Å². The zero-order valence-electron chi connectivity index (χ0n) is 22.0. The first-order valence-electron chi connectivity index (χ1n) is 13.2. The van der Waals surface area contributed by atoms with Crippen LogP contribution in [0, 0.1) is 0 Å². The van der Waals surface area contributed by atoms with Crippen molar-refractivity contribution in [1.82, 2.24) is 5.32 Å². The molecule has 212 valence electrons. The number of ether oxygens (including phenoxy) is 3. The molecular formula is C31H32F3NO5. The Bertz CT molecular complexity index is 1260. The van der Waals surface area contributed by atoms with E-state index in [-0.39, 0.29) is 18.6 Å². The summed E-state index contributed by atoms with van der Waals surface area (Å²) in [4.78, 5) is 22.3. The van der Waals surface area contributed by atoms with Gasteiger partial charge in [0.15, 0.2) is 0 Å². The van der Waals surface area contributed by atoms with E-state index in [0.29, 0.717) is 13.0 Å². The van der Waals surface area contributed by atoms with Crippen molar-refractivity contribution >= 4 is 11.9 Å². The van der Waals surface area contributed by atoms with E-state index < -0.39 is 24.5 Å². The summed E-state index contributed by atoms with van der Waals surface area (Å²) >= 11 is 0. The zero-order chi connectivity index (χ0) is 28.4. The number of benzene rings is 3. The molecule has 1 saturated heterocycles. The van der Waals surface area contributed by atoms with Crippen LogP contribution in [0.3, 0.4) is 0 Å². The first kappa shape index (κ1) is 29.3. The first-order chi connectivity index (χ1) is 19.3. The summed E-state index contributed by atoms with van der Waals surface area (Å²) in [7, 11) is 0. The van der Waals surface area contributed by atoms with Gasteiger partial charge >= 0.3 is 18.1 Å². The number of alkyl halides is 3. The Kier molecular flexibility index (Phi) is 9.95. The highest BCUT2D eigenvalue weighted by molar-refractivity contribution is 5.88. The normalized spacial score (nSPS) is 14.9. The molecule has 3 aromatic rings. The summed E-state index contributed by atoms with van der Waals surface area (Å²) in [6.45, 7) is 2.26. The standard InChI is InChI=1S/C31H32F3NO5/c32-31(33,34)29(37)40-28(36)14-20-38-19-13-23-11-12-27(39-22-24-7-3-1-4-8-24)26(21-23)30(15-17-35-18-16-30)25-9-5-2-6-10-25/h1-12,21,35H,13-20,22H2. The van der Waals surface area contributed by atoms with Crippen LogP contribution in [0.5, 0.6) is 5.75 Å². The second-order valence-electron chi connectivity index (χ2n) is 9.67. The quantitative estimate of drug-likeness (QED) is 0.191. The molecule has 0 amide bonds. The molecule has 4 rings (SSSR count). The van der Waals surface area contributed by atoms with E-state index in [1.165, 1.54) is 5.56 Å². The smallest absolute Gasteiger partial charge is 0.489 e. The van der Waals surface area contributed by atoms with Gasteiger partial charge in [-0.2, -0.15) is 13.2 Å². The number of carbonyl (C=O) groups is 2. The van der Waals surface area contributed by atoms with Crippen LogP contribution in [0.1, 0.15) is 41.5 Å². The van der Waals surface area contributed by atoms with Crippen LogP contribution >= 0.6 is 0 Å². The molecular weight excluding hydrogens is 523 g/mol. The van der Waals surface area contributed by atoms with Crippen LogP contribution in [0.4, 0.5) is 13.2 Å². The van der Waals surface area contributed by atoms with Crippen molar-refractivity contribution < 1.29 is 37.0 Å². The molecule has 40 heavy (non-hydrogen) atoms. The molecule has 0 saturated carbocycles. The topological polar surface area (TPSA) is 73.9 Å². The largest absolute Gasteiger partial charge is 0.491 e. The summed E-state index contributed by atoms with van der Waals surface area (Å²) in [6, 6.07) is 26.5. The SMILES string of the molecule is O=C(CCOCCc1ccc(OCc2ccccc2)c(C2(c3ccccc3)CCNCC2)c1)OC(=O)C(F)(F)F. The molecule has 1 fully saturated rings. The average Bonchev–Trinajstić information content (AvgIpc) is 2.97. The van der Waals surface area contributed by atoms with Gasteiger partial charge in [-0.15, -0.1) is 0 Å². The first-order valence-corrected chi connectivity index (χ1v) is 13.2. The summed E-state index contributed by atoms with van der Waals surface area (Å²) in [5.41, 5.74) is 4.15. The van der Waals surface area contributed by atoms with Crippen molar-refractivity contribution in [2.75, 3.05) is 26.3 Å². The van der Waals surface area contributed by atoms with E-state index >= 15 is 0 Å². The van der Waals surface area contributed by atoms with Crippen molar-refractivity contribution in [1.29, 1.82) is 0 Å². The number of halogens is 3. The molecule has 1 heterocycles. The zero-order valence-corrected chi connectivity index (χ0v) is 22.0. The lowest BCUT2D eigenvalue weighted by molar-refractivity contribution is -0.202. The Hall–Kier alpha value is -3.69. The average molecular weight is 556 g/mol.